The van der Waals surface area contributed by atoms with Crippen molar-refractivity contribution in [3.63, 3.8) is 0 Å². The van der Waals surface area contributed by atoms with Gasteiger partial charge in [-0.15, -0.1) is 0 Å². The molecule has 0 fully saturated rings. The molecule has 0 bridgehead atoms. The molecule has 0 atom stereocenters. The average molecular weight is 299 g/mol. The minimum absolute atomic E-state index is 0.0665. The zero-order chi connectivity index (χ0) is 15.1. The Hall–Kier alpha value is -0.980. The molecule has 0 spiro atoms. The molecule has 0 aromatic carbocycles. The molecule has 5 nitrogen and oxygen atoms in total. The first-order valence-corrected chi connectivity index (χ1v) is 8.57. The van der Waals surface area contributed by atoms with Crippen LogP contribution in [0.2, 0.25) is 0 Å². The van der Waals surface area contributed by atoms with Crippen molar-refractivity contribution in [1.29, 1.82) is 0 Å². The van der Waals surface area contributed by atoms with Crippen LogP contribution in [-0.2, 0) is 16.4 Å². The maximum Gasteiger partial charge on any atom is 0.211 e. The van der Waals surface area contributed by atoms with Gasteiger partial charge in [-0.2, -0.15) is 0 Å². The highest BCUT2D eigenvalue weighted by Gasteiger charge is 2.20. The molecule has 0 saturated heterocycles. The van der Waals surface area contributed by atoms with Crippen molar-refractivity contribution in [2.24, 2.45) is 11.1 Å². The third-order valence-electron chi connectivity index (χ3n) is 3.18. The van der Waals surface area contributed by atoms with Gasteiger partial charge in [0, 0.05) is 24.9 Å². The topological polar surface area (TPSA) is 85.1 Å². The van der Waals surface area contributed by atoms with Crippen LogP contribution in [0.5, 0.6) is 0 Å². The molecule has 20 heavy (non-hydrogen) atoms. The molecule has 1 heterocycles. The average Bonchev–Trinajstić information content (AvgIpc) is 2.43. The van der Waals surface area contributed by atoms with Gasteiger partial charge in [-0.25, -0.2) is 13.1 Å². The van der Waals surface area contributed by atoms with Crippen LogP contribution in [0.25, 0.3) is 0 Å². The second-order valence-electron chi connectivity index (χ2n) is 5.77. The van der Waals surface area contributed by atoms with E-state index in [-0.39, 0.29) is 11.2 Å². The van der Waals surface area contributed by atoms with Crippen LogP contribution in [0.1, 0.15) is 32.4 Å². The lowest BCUT2D eigenvalue weighted by Crippen LogP contribution is -2.36. The van der Waals surface area contributed by atoms with Crippen LogP contribution in [0.15, 0.2) is 24.4 Å². The molecule has 1 aromatic rings. The van der Waals surface area contributed by atoms with Crippen LogP contribution < -0.4 is 10.5 Å². The molecular formula is C14H25N3O2S. The fraction of sp³-hybridized carbons (Fsp3) is 0.643. The Morgan fingerprint density at radius 2 is 2.10 bits per heavy atom. The van der Waals surface area contributed by atoms with E-state index in [0.29, 0.717) is 19.5 Å². The first-order chi connectivity index (χ1) is 9.35. The number of sulfonamides is 1. The summed E-state index contributed by atoms with van der Waals surface area (Å²) in [6, 6.07) is 5.51. The summed E-state index contributed by atoms with van der Waals surface area (Å²) >= 11 is 0. The number of hydrogen-bond acceptors (Lipinski definition) is 4. The highest BCUT2D eigenvalue weighted by Crippen LogP contribution is 2.20. The zero-order valence-electron chi connectivity index (χ0n) is 12.3. The standard InChI is InChI=1S/C14H25N3O2S/c1-14(2,8-5-9-15)12-17-20(18,19)11-7-13-6-3-4-10-16-13/h3-4,6,10,17H,5,7-9,11-12,15H2,1-2H3. The van der Waals surface area contributed by atoms with E-state index in [4.69, 9.17) is 5.73 Å². The number of nitrogens with two attached hydrogens (primary N) is 1. The fourth-order valence-corrected chi connectivity index (χ4v) is 3.06. The number of aromatic nitrogens is 1. The first-order valence-electron chi connectivity index (χ1n) is 6.92. The summed E-state index contributed by atoms with van der Waals surface area (Å²) in [7, 11) is -3.26. The van der Waals surface area contributed by atoms with E-state index in [2.05, 4.69) is 9.71 Å². The molecule has 1 aromatic heterocycles. The summed E-state index contributed by atoms with van der Waals surface area (Å²) < 4.78 is 26.6. The van der Waals surface area contributed by atoms with Gasteiger partial charge in [0.1, 0.15) is 0 Å². The Morgan fingerprint density at radius 1 is 1.35 bits per heavy atom. The molecular weight excluding hydrogens is 274 g/mol. The predicted octanol–water partition coefficient (Wildman–Crippen LogP) is 1.31. The summed E-state index contributed by atoms with van der Waals surface area (Å²) in [6.45, 7) is 5.17. The van der Waals surface area contributed by atoms with Gasteiger partial charge in [-0.05, 0) is 36.9 Å². The molecule has 6 heteroatoms. The normalized spacial score (nSPS) is 12.6. The Balaban J connectivity index is 2.42. The Kier molecular flexibility index (Phi) is 6.58. The second kappa shape index (κ2) is 7.71. The smallest absolute Gasteiger partial charge is 0.211 e. The van der Waals surface area contributed by atoms with E-state index in [9.17, 15) is 8.42 Å². The number of aryl methyl sites for hydroxylation is 1. The highest BCUT2D eigenvalue weighted by molar-refractivity contribution is 7.89. The van der Waals surface area contributed by atoms with Gasteiger partial charge < -0.3 is 5.73 Å². The molecule has 0 unspecified atom stereocenters. The number of nitrogens with one attached hydrogen (secondary N) is 1. The number of pyridine rings is 1. The predicted molar refractivity (Wildman–Crippen MR) is 81.8 cm³/mol. The largest absolute Gasteiger partial charge is 0.330 e. The van der Waals surface area contributed by atoms with Crippen molar-refractivity contribution in [3.05, 3.63) is 30.1 Å². The van der Waals surface area contributed by atoms with E-state index < -0.39 is 10.0 Å². The van der Waals surface area contributed by atoms with Gasteiger partial charge in [0.15, 0.2) is 0 Å². The zero-order valence-corrected chi connectivity index (χ0v) is 13.1. The molecule has 0 aliphatic heterocycles. The minimum Gasteiger partial charge on any atom is -0.330 e. The molecule has 0 amide bonds. The van der Waals surface area contributed by atoms with Gasteiger partial charge in [-0.1, -0.05) is 19.9 Å². The van der Waals surface area contributed by atoms with Gasteiger partial charge in [0.25, 0.3) is 0 Å². The Bertz CT molecular complexity index is 486. The van der Waals surface area contributed by atoms with E-state index in [1.54, 1.807) is 6.20 Å². The minimum atomic E-state index is -3.26. The van der Waals surface area contributed by atoms with Crippen molar-refractivity contribution in [1.82, 2.24) is 9.71 Å². The van der Waals surface area contributed by atoms with Crippen molar-refractivity contribution in [3.8, 4) is 0 Å². The number of nitrogens with zero attached hydrogens (tertiary/aromatic N) is 1. The molecule has 0 saturated carbocycles. The molecule has 0 aliphatic rings. The summed E-state index contributed by atoms with van der Waals surface area (Å²) in [5.41, 5.74) is 6.20. The number of rotatable bonds is 9. The maximum atomic E-state index is 12.0. The summed E-state index contributed by atoms with van der Waals surface area (Å²) in [6.07, 6.45) is 3.92. The van der Waals surface area contributed by atoms with Crippen LogP contribution in [0, 0.1) is 5.41 Å². The SMILES string of the molecule is CC(C)(CCCN)CNS(=O)(=O)CCc1ccccn1. The van der Waals surface area contributed by atoms with Crippen LogP contribution in [-0.4, -0.2) is 32.2 Å². The lowest BCUT2D eigenvalue weighted by molar-refractivity contribution is 0.327. The Morgan fingerprint density at radius 3 is 2.70 bits per heavy atom. The van der Waals surface area contributed by atoms with E-state index in [1.165, 1.54) is 0 Å². The molecule has 0 aliphatic carbocycles. The van der Waals surface area contributed by atoms with Gasteiger partial charge in [0.05, 0.1) is 5.75 Å². The monoisotopic (exact) mass is 299 g/mol. The van der Waals surface area contributed by atoms with Crippen LogP contribution in [0.3, 0.4) is 0 Å². The molecule has 114 valence electrons. The quantitative estimate of drug-likeness (QED) is 0.720. The number of hydrogen-bond donors (Lipinski definition) is 2. The fourth-order valence-electron chi connectivity index (χ4n) is 1.83. The summed E-state index contributed by atoms with van der Waals surface area (Å²) in [5.74, 6) is 0.0665. The molecule has 1 rings (SSSR count). The van der Waals surface area contributed by atoms with Crippen molar-refractivity contribution >= 4 is 10.0 Å². The highest BCUT2D eigenvalue weighted by atomic mass is 32.2. The van der Waals surface area contributed by atoms with Gasteiger partial charge >= 0.3 is 0 Å². The van der Waals surface area contributed by atoms with E-state index in [1.807, 2.05) is 32.0 Å². The van der Waals surface area contributed by atoms with Crippen LogP contribution >= 0.6 is 0 Å². The molecule has 0 radical (unpaired) electrons. The third-order valence-corrected chi connectivity index (χ3v) is 4.51. The second-order valence-corrected chi connectivity index (χ2v) is 7.69. The van der Waals surface area contributed by atoms with E-state index >= 15 is 0 Å². The van der Waals surface area contributed by atoms with Gasteiger partial charge in [0.2, 0.25) is 10.0 Å². The maximum absolute atomic E-state index is 12.0. The first kappa shape index (κ1) is 17.1. The Labute approximate surface area is 122 Å². The van der Waals surface area contributed by atoms with Crippen molar-refractivity contribution in [2.75, 3.05) is 18.8 Å². The van der Waals surface area contributed by atoms with Gasteiger partial charge in [-0.3, -0.25) is 4.98 Å². The van der Waals surface area contributed by atoms with E-state index in [0.717, 1.165) is 18.5 Å². The molecule has 3 N–H and O–H groups in total. The third kappa shape index (κ3) is 6.98. The van der Waals surface area contributed by atoms with Crippen LogP contribution in [0.4, 0.5) is 0 Å². The summed E-state index contributed by atoms with van der Waals surface area (Å²) in [4.78, 5) is 4.13. The lowest BCUT2D eigenvalue weighted by atomic mass is 9.88. The summed E-state index contributed by atoms with van der Waals surface area (Å²) in [5, 5.41) is 0. The van der Waals surface area contributed by atoms with Crippen molar-refractivity contribution in [2.45, 2.75) is 33.1 Å². The van der Waals surface area contributed by atoms with Crippen molar-refractivity contribution < 1.29 is 8.42 Å². The lowest BCUT2D eigenvalue weighted by Gasteiger charge is -2.24.